The number of ketones is 1. The first-order valence-corrected chi connectivity index (χ1v) is 6.21. The Morgan fingerprint density at radius 2 is 1.56 bits per heavy atom. The molecule has 0 heterocycles. The van der Waals surface area contributed by atoms with Gasteiger partial charge >= 0.3 is 0 Å². The van der Waals surface area contributed by atoms with E-state index in [4.69, 9.17) is 0 Å². The molecule has 0 bridgehead atoms. The van der Waals surface area contributed by atoms with E-state index in [0.29, 0.717) is 6.42 Å². The molecule has 92 valence electrons. The second-order valence-electron chi connectivity index (χ2n) is 4.97. The van der Waals surface area contributed by atoms with Gasteiger partial charge in [0.1, 0.15) is 0 Å². The van der Waals surface area contributed by atoms with Crippen LogP contribution in [0.5, 0.6) is 0 Å². The fraction of sp³-hybridized carbons (Fsp3) is 0.235. The highest BCUT2D eigenvalue weighted by Crippen LogP contribution is 2.13. The van der Waals surface area contributed by atoms with E-state index in [1.165, 1.54) is 11.1 Å². The second kappa shape index (κ2) is 5.18. The predicted octanol–water partition coefficient (Wildman–Crippen LogP) is 4.04. The van der Waals surface area contributed by atoms with Crippen LogP contribution in [0.4, 0.5) is 0 Å². The van der Waals surface area contributed by atoms with Crippen LogP contribution in [-0.2, 0) is 6.42 Å². The van der Waals surface area contributed by atoms with Crippen molar-refractivity contribution < 1.29 is 4.79 Å². The average molecular weight is 238 g/mol. The Morgan fingerprint density at radius 1 is 0.889 bits per heavy atom. The van der Waals surface area contributed by atoms with Gasteiger partial charge in [-0.15, -0.1) is 0 Å². The summed E-state index contributed by atoms with van der Waals surface area (Å²) in [4.78, 5) is 12.2. The Hall–Kier alpha value is -1.89. The normalized spacial score (nSPS) is 10.4. The summed E-state index contributed by atoms with van der Waals surface area (Å²) in [6.45, 7) is 6.13. The maximum atomic E-state index is 12.2. The number of hydrogen-bond donors (Lipinski definition) is 0. The van der Waals surface area contributed by atoms with Crippen LogP contribution in [-0.4, -0.2) is 5.78 Å². The highest BCUT2D eigenvalue weighted by molar-refractivity contribution is 5.97. The standard InChI is InChI=1S/C17H18O/c1-12-5-4-6-16(10-12)17(18)11-15-8-13(2)7-14(3)9-15/h4-10H,11H2,1-3H3. The number of Topliss-reactive ketones (excluding diaryl/α,β-unsaturated/α-hetero) is 1. The van der Waals surface area contributed by atoms with Crippen molar-refractivity contribution in [2.45, 2.75) is 27.2 Å². The monoisotopic (exact) mass is 238 g/mol. The van der Waals surface area contributed by atoms with Crippen LogP contribution in [0, 0.1) is 20.8 Å². The van der Waals surface area contributed by atoms with Crippen LogP contribution < -0.4 is 0 Å². The summed E-state index contributed by atoms with van der Waals surface area (Å²) in [7, 11) is 0. The Bertz CT molecular complexity index is 562. The van der Waals surface area contributed by atoms with Crippen molar-refractivity contribution in [3.63, 3.8) is 0 Å². The van der Waals surface area contributed by atoms with Gasteiger partial charge in [0.2, 0.25) is 0 Å². The fourth-order valence-corrected chi connectivity index (χ4v) is 2.28. The van der Waals surface area contributed by atoms with Gasteiger partial charge in [0, 0.05) is 12.0 Å². The molecule has 0 amide bonds. The van der Waals surface area contributed by atoms with Gasteiger partial charge in [-0.25, -0.2) is 0 Å². The summed E-state index contributed by atoms with van der Waals surface area (Å²) in [5.41, 5.74) is 5.44. The minimum Gasteiger partial charge on any atom is -0.294 e. The van der Waals surface area contributed by atoms with E-state index in [1.54, 1.807) is 0 Å². The highest BCUT2D eigenvalue weighted by atomic mass is 16.1. The summed E-state index contributed by atoms with van der Waals surface area (Å²) < 4.78 is 0. The first-order chi connectivity index (χ1) is 8.54. The van der Waals surface area contributed by atoms with Gasteiger partial charge in [0.05, 0.1) is 0 Å². The van der Waals surface area contributed by atoms with E-state index in [-0.39, 0.29) is 5.78 Å². The summed E-state index contributed by atoms with van der Waals surface area (Å²) in [6.07, 6.45) is 0.478. The van der Waals surface area contributed by atoms with Gasteiger partial charge in [-0.2, -0.15) is 0 Å². The van der Waals surface area contributed by atoms with Crippen molar-refractivity contribution in [1.29, 1.82) is 0 Å². The van der Waals surface area contributed by atoms with Crippen molar-refractivity contribution in [3.05, 3.63) is 70.3 Å². The van der Waals surface area contributed by atoms with Crippen LogP contribution in [0.1, 0.15) is 32.6 Å². The lowest BCUT2D eigenvalue weighted by Gasteiger charge is -2.05. The maximum Gasteiger partial charge on any atom is 0.167 e. The van der Waals surface area contributed by atoms with E-state index >= 15 is 0 Å². The molecule has 0 radical (unpaired) electrons. The minimum absolute atomic E-state index is 0.184. The van der Waals surface area contributed by atoms with E-state index in [0.717, 1.165) is 16.7 Å². The molecular formula is C17H18O. The van der Waals surface area contributed by atoms with Gasteiger partial charge in [-0.3, -0.25) is 4.79 Å². The molecule has 0 saturated carbocycles. The average Bonchev–Trinajstić information content (AvgIpc) is 2.27. The summed E-state index contributed by atoms with van der Waals surface area (Å²) in [6, 6.07) is 14.1. The van der Waals surface area contributed by atoms with Crippen LogP contribution in [0.25, 0.3) is 0 Å². The maximum absolute atomic E-state index is 12.2. The number of carbonyl (C=O) groups is 1. The first-order valence-electron chi connectivity index (χ1n) is 6.21. The molecule has 2 aromatic rings. The molecule has 0 N–H and O–H groups in total. The molecule has 1 nitrogen and oxygen atoms in total. The van der Waals surface area contributed by atoms with E-state index in [2.05, 4.69) is 32.0 Å². The zero-order valence-electron chi connectivity index (χ0n) is 11.2. The number of hydrogen-bond acceptors (Lipinski definition) is 1. The zero-order chi connectivity index (χ0) is 13.1. The van der Waals surface area contributed by atoms with E-state index in [9.17, 15) is 4.79 Å². The molecular weight excluding hydrogens is 220 g/mol. The van der Waals surface area contributed by atoms with Crippen LogP contribution in [0.2, 0.25) is 0 Å². The van der Waals surface area contributed by atoms with Gasteiger partial charge in [0.15, 0.2) is 5.78 Å². The summed E-state index contributed by atoms with van der Waals surface area (Å²) in [5, 5.41) is 0. The summed E-state index contributed by atoms with van der Waals surface area (Å²) >= 11 is 0. The Balaban J connectivity index is 2.21. The zero-order valence-corrected chi connectivity index (χ0v) is 11.2. The van der Waals surface area contributed by atoms with Crippen molar-refractivity contribution in [2.24, 2.45) is 0 Å². The SMILES string of the molecule is Cc1cc(C)cc(CC(=O)c2cccc(C)c2)c1. The topological polar surface area (TPSA) is 17.1 Å². The molecule has 0 atom stereocenters. The third kappa shape index (κ3) is 3.07. The smallest absolute Gasteiger partial charge is 0.167 e. The van der Waals surface area contributed by atoms with Gasteiger partial charge in [-0.05, 0) is 32.4 Å². The van der Waals surface area contributed by atoms with E-state index < -0.39 is 0 Å². The second-order valence-corrected chi connectivity index (χ2v) is 4.97. The molecule has 0 fully saturated rings. The Labute approximate surface area is 108 Å². The van der Waals surface area contributed by atoms with Crippen LogP contribution in [0.15, 0.2) is 42.5 Å². The largest absolute Gasteiger partial charge is 0.294 e. The quantitative estimate of drug-likeness (QED) is 0.738. The molecule has 0 aliphatic carbocycles. The third-order valence-corrected chi connectivity index (χ3v) is 2.99. The van der Waals surface area contributed by atoms with Crippen molar-refractivity contribution >= 4 is 5.78 Å². The fourth-order valence-electron chi connectivity index (χ4n) is 2.28. The third-order valence-electron chi connectivity index (χ3n) is 2.99. The van der Waals surface area contributed by atoms with E-state index in [1.807, 2.05) is 31.2 Å². The van der Waals surface area contributed by atoms with Gasteiger partial charge in [-0.1, -0.05) is 53.1 Å². The summed E-state index contributed by atoms with van der Waals surface area (Å²) in [5.74, 6) is 0.184. The molecule has 0 aliphatic rings. The Morgan fingerprint density at radius 3 is 2.17 bits per heavy atom. The lowest BCUT2D eigenvalue weighted by atomic mass is 9.99. The van der Waals surface area contributed by atoms with Crippen molar-refractivity contribution in [2.75, 3.05) is 0 Å². The lowest BCUT2D eigenvalue weighted by molar-refractivity contribution is 0.0993. The molecule has 0 saturated heterocycles. The van der Waals surface area contributed by atoms with Crippen LogP contribution >= 0.6 is 0 Å². The van der Waals surface area contributed by atoms with Crippen molar-refractivity contribution in [3.8, 4) is 0 Å². The van der Waals surface area contributed by atoms with Gasteiger partial charge < -0.3 is 0 Å². The molecule has 0 unspecified atom stereocenters. The molecule has 1 heteroatoms. The first kappa shape index (κ1) is 12.6. The number of benzene rings is 2. The molecule has 2 rings (SSSR count). The molecule has 2 aromatic carbocycles. The van der Waals surface area contributed by atoms with Crippen LogP contribution in [0.3, 0.4) is 0 Å². The minimum atomic E-state index is 0.184. The number of carbonyl (C=O) groups excluding carboxylic acids is 1. The number of aryl methyl sites for hydroxylation is 3. The predicted molar refractivity (Wildman–Crippen MR) is 75.1 cm³/mol. The van der Waals surface area contributed by atoms with Crippen molar-refractivity contribution in [1.82, 2.24) is 0 Å². The highest BCUT2D eigenvalue weighted by Gasteiger charge is 2.07. The molecule has 0 spiro atoms. The Kier molecular flexibility index (Phi) is 3.61. The lowest BCUT2D eigenvalue weighted by Crippen LogP contribution is -2.04. The molecule has 18 heavy (non-hydrogen) atoms. The molecule has 0 aliphatic heterocycles. The van der Waals surface area contributed by atoms with Gasteiger partial charge in [0.25, 0.3) is 0 Å². The number of rotatable bonds is 3. The molecule has 0 aromatic heterocycles.